The van der Waals surface area contributed by atoms with Crippen LogP contribution >= 0.6 is 0 Å². The van der Waals surface area contributed by atoms with Crippen molar-refractivity contribution in [2.24, 2.45) is 0 Å². The Morgan fingerprint density at radius 3 is 2.88 bits per heavy atom. The molecule has 1 aromatic carbocycles. The van der Waals surface area contributed by atoms with E-state index in [9.17, 15) is 0 Å². The van der Waals surface area contributed by atoms with Gasteiger partial charge < -0.3 is 10.6 Å². The molecule has 0 saturated carbocycles. The molecule has 0 aromatic heterocycles. The first kappa shape index (κ1) is 12.4. The van der Waals surface area contributed by atoms with E-state index < -0.39 is 0 Å². The third kappa shape index (κ3) is 2.63. The summed E-state index contributed by atoms with van der Waals surface area (Å²) in [6.45, 7) is 6.91. The summed E-state index contributed by atoms with van der Waals surface area (Å²) in [7, 11) is 0. The lowest BCUT2D eigenvalue weighted by atomic mass is 9.86. The van der Waals surface area contributed by atoms with Crippen molar-refractivity contribution >= 4 is 5.69 Å². The summed E-state index contributed by atoms with van der Waals surface area (Å²) in [4.78, 5) is 2.62. The summed E-state index contributed by atoms with van der Waals surface area (Å²) in [6.07, 6.45) is 4.82. The van der Waals surface area contributed by atoms with Crippen molar-refractivity contribution < 1.29 is 0 Å². The fourth-order valence-electron chi connectivity index (χ4n) is 3.02. The number of nitrogens with zero attached hydrogens (tertiary/aromatic N) is 1. The van der Waals surface area contributed by atoms with Gasteiger partial charge in [0.15, 0.2) is 0 Å². The van der Waals surface area contributed by atoms with Crippen LogP contribution in [-0.4, -0.2) is 24.0 Å². The average molecular weight is 232 g/mol. The van der Waals surface area contributed by atoms with Crippen LogP contribution in [0.15, 0.2) is 18.2 Å². The summed E-state index contributed by atoms with van der Waals surface area (Å²) in [5.41, 5.74) is 9.89. The monoisotopic (exact) mass is 232 g/mol. The van der Waals surface area contributed by atoms with Crippen molar-refractivity contribution in [3.63, 3.8) is 0 Å². The number of hydrogen-bond donors (Lipinski definition) is 1. The number of nitrogen functional groups attached to an aromatic ring is 1. The smallest absolute Gasteiger partial charge is 0.0349 e. The maximum Gasteiger partial charge on any atom is 0.0349 e. The van der Waals surface area contributed by atoms with Crippen LogP contribution in [0.1, 0.15) is 37.8 Å². The number of benzene rings is 1. The van der Waals surface area contributed by atoms with Gasteiger partial charge in [0, 0.05) is 11.7 Å². The average Bonchev–Trinajstić information content (AvgIpc) is 2.36. The van der Waals surface area contributed by atoms with Crippen molar-refractivity contribution in [3.05, 3.63) is 29.3 Å². The predicted octanol–water partition coefficient (Wildman–Crippen LogP) is 2.86. The minimum Gasteiger partial charge on any atom is -0.398 e. The van der Waals surface area contributed by atoms with Crippen LogP contribution in [0.25, 0.3) is 0 Å². The summed E-state index contributed by atoms with van der Waals surface area (Å²) in [6, 6.07) is 7.09. The molecule has 2 heteroatoms. The molecule has 17 heavy (non-hydrogen) atoms. The zero-order chi connectivity index (χ0) is 12.3. The summed E-state index contributed by atoms with van der Waals surface area (Å²) < 4.78 is 0. The van der Waals surface area contributed by atoms with Gasteiger partial charge in [0.1, 0.15) is 0 Å². The maximum atomic E-state index is 6.04. The first-order valence-electron chi connectivity index (χ1n) is 6.86. The molecule has 0 aliphatic heterocycles. The highest BCUT2D eigenvalue weighted by Crippen LogP contribution is 2.28. The largest absolute Gasteiger partial charge is 0.398 e. The van der Waals surface area contributed by atoms with Crippen molar-refractivity contribution in [2.45, 2.75) is 45.6 Å². The number of nitrogens with two attached hydrogens (primary N) is 1. The lowest BCUT2D eigenvalue weighted by Crippen LogP contribution is -2.39. The quantitative estimate of drug-likeness (QED) is 0.809. The van der Waals surface area contributed by atoms with Gasteiger partial charge in [-0.15, -0.1) is 0 Å². The molecule has 2 rings (SSSR count). The Balaban J connectivity index is 2.12. The number of likely N-dealkylation sites (N-methyl/N-ethyl adjacent to an activating group) is 1. The van der Waals surface area contributed by atoms with E-state index in [4.69, 9.17) is 5.73 Å². The van der Waals surface area contributed by atoms with E-state index in [1.807, 2.05) is 6.07 Å². The second-order valence-electron chi connectivity index (χ2n) is 5.01. The van der Waals surface area contributed by atoms with Crippen molar-refractivity contribution in [1.29, 1.82) is 0 Å². The van der Waals surface area contributed by atoms with Crippen LogP contribution in [0, 0.1) is 0 Å². The Bertz CT molecular complexity index is 373. The lowest BCUT2D eigenvalue weighted by molar-refractivity contribution is 0.189. The van der Waals surface area contributed by atoms with Gasteiger partial charge in [0.2, 0.25) is 0 Å². The number of rotatable bonds is 4. The van der Waals surface area contributed by atoms with E-state index in [-0.39, 0.29) is 0 Å². The van der Waals surface area contributed by atoms with E-state index in [0.717, 1.165) is 18.7 Å². The summed E-state index contributed by atoms with van der Waals surface area (Å²) >= 11 is 0. The minimum absolute atomic E-state index is 0.717. The molecule has 1 unspecified atom stereocenters. The molecule has 0 fully saturated rings. The summed E-state index contributed by atoms with van der Waals surface area (Å²) in [5, 5.41) is 0. The third-order valence-corrected chi connectivity index (χ3v) is 3.93. The zero-order valence-electron chi connectivity index (χ0n) is 11.1. The van der Waals surface area contributed by atoms with Gasteiger partial charge in [-0.3, -0.25) is 0 Å². The van der Waals surface area contributed by atoms with Crippen LogP contribution in [0.3, 0.4) is 0 Å². The number of fused-ring (bicyclic) bond motifs is 1. The molecule has 1 aliphatic rings. The lowest BCUT2D eigenvalue weighted by Gasteiger charge is -2.34. The van der Waals surface area contributed by atoms with Gasteiger partial charge in [-0.25, -0.2) is 0 Å². The molecule has 0 heterocycles. The van der Waals surface area contributed by atoms with Crippen LogP contribution in [0.2, 0.25) is 0 Å². The SMILES string of the molecule is CCCN(CC)C1CCc2c(N)cccc2C1. The van der Waals surface area contributed by atoms with Gasteiger partial charge >= 0.3 is 0 Å². The first-order chi connectivity index (χ1) is 8.26. The predicted molar refractivity (Wildman–Crippen MR) is 74.2 cm³/mol. The molecular weight excluding hydrogens is 208 g/mol. The highest BCUT2D eigenvalue weighted by atomic mass is 15.1. The fraction of sp³-hybridized carbons (Fsp3) is 0.600. The van der Waals surface area contributed by atoms with Crippen LogP contribution < -0.4 is 5.73 Å². The first-order valence-corrected chi connectivity index (χ1v) is 6.86. The van der Waals surface area contributed by atoms with E-state index in [0.29, 0.717) is 6.04 Å². The van der Waals surface area contributed by atoms with Gasteiger partial charge in [-0.2, -0.15) is 0 Å². The normalized spacial score (nSPS) is 19.4. The van der Waals surface area contributed by atoms with Crippen LogP contribution in [0.5, 0.6) is 0 Å². The van der Waals surface area contributed by atoms with E-state index in [1.165, 1.54) is 36.9 Å². The molecule has 0 spiro atoms. The Labute approximate surface area is 105 Å². The molecule has 0 amide bonds. The molecule has 2 nitrogen and oxygen atoms in total. The fourth-order valence-corrected chi connectivity index (χ4v) is 3.02. The van der Waals surface area contributed by atoms with Gasteiger partial charge in [0.05, 0.1) is 0 Å². The second kappa shape index (κ2) is 5.54. The number of anilines is 1. The van der Waals surface area contributed by atoms with E-state index in [2.05, 4.69) is 30.9 Å². The third-order valence-electron chi connectivity index (χ3n) is 3.93. The van der Waals surface area contributed by atoms with Crippen LogP contribution in [0.4, 0.5) is 5.69 Å². The van der Waals surface area contributed by atoms with E-state index in [1.54, 1.807) is 0 Å². The molecule has 2 N–H and O–H groups in total. The highest BCUT2D eigenvalue weighted by molar-refractivity contribution is 5.52. The maximum absolute atomic E-state index is 6.04. The van der Waals surface area contributed by atoms with Crippen molar-refractivity contribution in [3.8, 4) is 0 Å². The van der Waals surface area contributed by atoms with Crippen molar-refractivity contribution in [2.75, 3.05) is 18.8 Å². The minimum atomic E-state index is 0.717. The molecule has 1 aliphatic carbocycles. The standard InChI is InChI=1S/C15H24N2/c1-3-10-17(4-2)13-8-9-14-12(11-13)6-5-7-15(14)16/h5-7,13H,3-4,8-11,16H2,1-2H3. The molecule has 0 radical (unpaired) electrons. The van der Waals surface area contributed by atoms with Gasteiger partial charge in [-0.1, -0.05) is 26.0 Å². The number of hydrogen-bond acceptors (Lipinski definition) is 2. The molecule has 0 saturated heterocycles. The zero-order valence-corrected chi connectivity index (χ0v) is 11.1. The Hall–Kier alpha value is -1.02. The Kier molecular flexibility index (Phi) is 4.06. The molecule has 1 atom stereocenters. The topological polar surface area (TPSA) is 29.3 Å². The summed E-state index contributed by atoms with van der Waals surface area (Å²) in [5.74, 6) is 0. The molecular formula is C15H24N2. The Morgan fingerprint density at radius 1 is 1.35 bits per heavy atom. The Morgan fingerprint density at radius 2 is 2.18 bits per heavy atom. The second-order valence-corrected chi connectivity index (χ2v) is 5.01. The van der Waals surface area contributed by atoms with Gasteiger partial charge in [0.25, 0.3) is 0 Å². The molecule has 0 bridgehead atoms. The highest BCUT2D eigenvalue weighted by Gasteiger charge is 2.23. The molecule has 1 aromatic rings. The van der Waals surface area contributed by atoms with Crippen molar-refractivity contribution in [1.82, 2.24) is 4.90 Å². The van der Waals surface area contributed by atoms with E-state index >= 15 is 0 Å². The molecule has 94 valence electrons. The van der Waals surface area contributed by atoms with Gasteiger partial charge in [-0.05, 0) is 56.0 Å². The van der Waals surface area contributed by atoms with Crippen LogP contribution in [-0.2, 0) is 12.8 Å².